The highest BCUT2D eigenvalue weighted by Crippen LogP contribution is 2.62. The molecule has 3 heterocycles. The summed E-state index contributed by atoms with van der Waals surface area (Å²) in [4.78, 5) is 32.2. The Morgan fingerprint density at radius 1 is 1.28 bits per heavy atom. The van der Waals surface area contributed by atoms with E-state index < -0.39 is 11.5 Å². The molecule has 36 heavy (non-hydrogen) atoms. The minimum Gasteiger partial charge on any atom is -0.467 e. The minimum atomic E-state index is -0.696. The molecular weight excluding hydrogens is 498 g/mol. The minimum absolute atomic E-state index is 0.0459. The van der Waals surface area contributed by atoms with Crippen LogP contribution in [-0.2, 0) is 17.8 Å². The second-order valence-electron chi connectivity index (χ2n) is 10.4. The summed E-state index contributed by atoms with van der Waals surface area (Å²) >= 11 is 2.79. The number of furan rings is 1. The molecule has 0 saturated heterocycles. The van der Waals surface area contributed by atoms with Crippen LogP contribution in [0.1, 0.15) is 65.0 Å². The van der Waals surface area contributed by atoms with Gasteiger partial charge in [-0.2, -0.15) is 0 Å². The Labute approximate surface area is 217 Å². The van der Waals surface area contributed by atoms with Gasteiger partial charge in [0.25, 0.3) is 5.91 Å². The number of aliphatic hydroxyl groups is 2. The number of fused-ring (bicyclic) bond motifs is 2. The van der Waals surface area contributed by atoms with Gasteiger partial charge in [-0.3, -0.25) is 14.9 Å². The smallest absolute Gasteiger partial charge is 0.267 e. The van der Waals surface area contributed by atoms with Crippen LogP contribution in [0, 0.1) is 16.7 Å². The summed E-state index contributed by atoms with van der Waals surface area (Å²) in [6.07, 6.45) is 3.08. The number of carbonyl (C=O) groups excluding carboxylic acids is 2. The van der Waals surface area contributed by atoms with Gasteiger partial charge >= 0.3 is 0 Å². The van der Waals surface area contributed by atoms with Gasteiger partial charge in [0.1, 0.15) is 5.76 Å². The van der Waals surface area contributed by atoms with Crippen LogP contribution in [0.5, 0.6) is 0 Å². The molecule has 0 aliphatic heterocycles. The summed E-state index contributed by atoms with van der Waals surface area (Å²) in [5.41, 5.74) is -0.211. The summed E-state index contributed by atoms with van der Waals surface area (Å²) in [5, 5.41) is 29.5. The number of aliphatic hydroxyl groups excluding tert-OH is 2. The fraction of sp³-hybridized carbons (Fsp3) is 0.500. The summed E-state index contributed by atoms with van der Waals surface area (Å²) in [5.74, 6) is 0.0965. The van der Waals surface area contributed by atoms with E-state index in [4.69, 9.17) is 9.40 Å². The van der Waals surface area contributed by atoms with Gasteiger partial charge in [0.2, 0.25) is 5.91 Å². The number of rotatable bonds is 7. The number of anilines is 1. The van der Waals surface area contributed by atoms with E-state index in [9.17, 15) is 19.8 Å². The molecule has 4 N–H and O–H groups in total. The molecule has 192 valence electrons. The van der Waals surface area contributed by atoms with E-state index >= 15 is 0 Å². The first kappa shape index (κ1) is 25.1. The van der Waals surface area contributed by atoms with Crippen molar-refractivity contribution in [3.63, 3.8) is 0 Å². The van der Waals surface area contributed by atoms with Crippen molar-refractivity contribution in [1.82, 2.24) is 10.3 Å². The third-order valence-electron chi connectivity index (χ3n) is 8.29. The lowest BCUT2D eigenvalue weighted by atomic mass is 9.47. The van der Waals surface area contributed by atoms with Crippen LogP contribution < -0.4 is 10.6 Å². The van der Waals surface area contributed by atoms with Crippen LogP contribution in [0.2, 0.25) is 0 Å². The van der Waals surface area contributed by atoms with Gasteiger partial charge in [-0.1, -0.05) is 19.9 Å². The standard InChI is InChI=1S/C26H31N3O5S2/c1-25-8-7-20(31)26(2,14-30)19(25)12-18-22(16(25)11-21(32)27-13-15-5-3-9-34-15)28-24(36-18)29-23(33)17-6-4-10-35-17/h3-6,9-10,16,19-20,30-31H,7-8,11-14H2,1-2H3,(H,27,32)(H,28,29,33)/t16-,19+,20-,25+,26+/m1/s1. The van der Waals surface area contributed by atoms with Crippen molar-refractivity contribution < 1.29 is 24.2 Å². The van der Waals surface area contributed by atoms with Gasteiger partial charge in [-0.05, 0) is 54.2 Å². The second-order valence-corrected chi connectivity index (χ2v) is 12.4. The fourth-order valence-corrected chi connectivity index (χ4v) is 7.80. The molecule has 0 bridgehead atoms. The zero-order valence-electron chi connectivity index (χ0n) is 20.3. The molecule has 5 atom stereocenters. The molecule has 0 aromatic carbocycles. The number of thiazole rings is 1. The average molecular weight is 530 g/mol. The van der Waals surface area contributed by atoms with E-state index in [1.165, 1.54) is 22.7 Å². The Kier molecular flexibility index (Phi) is 6.80. The van der Waals surface area contributed by atoms with Crippen molar-refractivity contribution in [2.45, 2.75) is 58.1 Å². The topological polar surface area (TPSA) is 125 Å². The predicted molar refractivity (Wildman–Crippen MR) is 138 cm³/mol. The second kappa shape index (κ2) is 9.74. The molecule has 3 aromatic rings. The van der Waals surface area contributed by atoms with Crippen LogP contribution >= 0.6 is 22.7 Å². The largest absolute Gasteiger partial charge is 0.467 e. The monoisotopic (exact) mass is 529 g/mol. The van der Waals surface area contributed by atoms with Crippen LogP contribution in [0.25, 0.3) is 0 Å². The van der Waals surface area contributed by atoms with Gasteiger partial charge in [-0.15, -0.1) is 22.7 Å². The fourth-order valence-electron chi connectivity index (χ4n) is 6.12. The first-order chi connectivity index (χ1) is 17.2. The lowest BCUT2D eigenvalue weighted by molar-refractivity contribution is -0.144. The Bertz CT molecular complexity index is 1220. The predicted octanol–water partition coefficient (Wildman–Crippen LogP) is 4.17. The summed E-state index contributed by atoms with van der Waals surface area (Å²) in [7, 11) is 0. The van der Waals surface area contributed by atoms with Gasteiger partial charge < -0.3 is 19.9 Å². The SMILES string of the molecule is C[C@]1(CO)[C@H]2Cc3sc(NC(=O)c4cccs4)nc3[C@@H](CC(=O)NCc3ccco3)[C@]2(C)CC[C@H]1O. The molecule has 3 aromatic heterocycles. The maximum atomic E-state index is 13.1. The van der Waals surface area contributed by atoms with Gasteiger partial charge in [0, 0.05) is 22.6 Å². The third-order valence-corrected chi connectivity index (χ3v) is 10.2. The molecule has 5 rings (SSSR count). The van der Waals surface area contributed by atoms with E-state index in [1.807, 2.05) is 24.4 Å². The van der Waals surface area contributed by atoms with Crippen LogP contribution in [0.4, 0.5) is 5.13 Å². The first-order valence-corrected chi connectivity index (χ1v) is 13.9. The lowest BCUT2D eigenvalue weighted by Gasteiger charge is -2.58. The molecule has 0 radical (unpaired) electrons. The number of hydrogen-bond acceptors (Lipinski definition) is 8. The maximum absolute atomic E-state index is 13.1. The van der Waals surface area contributed by atoms with Crippen molar-refractivity contribution >= 4 is 39.6 Å². The van der Waals surface area contributed by atoms with E-state index in [0.29, 0.717) is 35.2 Å². The lowest BCUT2D eigenvalue weighted by Crippen LogP contribution is -2.57. The number of amides is 2. The molecule has 2 aliphatic carbocycles. The number of thiophene rings is 1. The van der Waals surface area contributed by atoms with Crippen LogP contribution in [-0.4, -0.2) is 39.7 Å². The highest BCUT2D eigenvalue weighted by atomic mass is 32.1. The van der Waals surface area contributed by atoms with Crippen molar-refractivity contribution in [2.24, 2.45) is 16.7 Å². The number of nitrogens with zero attached hydrogens (tertiary/aromatic N) is 1. The normalized spacial score (nSPS) is 29.3. The Morgan fingerprint density at radius 3 is 2.81 bits per heavy atom. The van der Waals surface area contributed by atoms with Gasteiger partial charge in [0.15, 0.2) is 5.13 Å². The molecular formula is C26H31N3O5S2. The first-order valence-electron chi connectivity index (χ1n) is 12.2. The van der Waals surface area contributed by atoms with Gasteiger partial charge in [0.05, 0.1) is 36.1 Å². The molecule has 0 spiro atoms. The van der Waals surface area contributed by atoms with E-state index in [-0.39, 0.29) is 42.1 Å². The van der Waals surface area contributed by atoms with E-state index in [1.54, 1.807) is 18.4 Å². The highest BCUT2D eigenvalue weighted by molar-refractivity contribution is 7.16. The van der Waals surface area contributed by atoms with Crippen LogP contribution in [0.3, 0.4) is 0 Å². The Balaban J connectivity index is 1.46. The number of nitrogens with one attached hydrogen (secondary N) is 2. The van der Waals surface area contributed by atoms with Gasteiger partial charge in [-0.25, -0.2) is 4.98 Å². The maximum Gasteiger partial charge on any atom is 0.267 e. The molecule has 2 amide bonds. The molecule has 1 saturated carbocycles. The zero-order valence-corrected chi connectivity index (χ0v) is 22.0. The molecule has 10 heteroatoms. The molecule has 8 nitrogen and oxygen atoms in total. The van der Waals surface area contributed by atoms with Crippen LogP contribution in [0.15, 0.2) is 40.3 Å². The molecule has 0 unspecified atom stereocenters. The number of aromatic nitrogens is 1. The van der Waals surface area contributed by atoms with E-state index in [0.717, 1.165) is 17.0 Å². The summed E-state index contributed by atoms with van der Waals surface area (Å²) in [6.45, 7) is 4.27. The Morgan fingerprint density at radius 2 is 2.11 bits per heavy atom. The number of carbonyl (C=O) groups is 2. The quantitative estimate of drug-likeness (QED) is 0.364. The zero-order chi connectivity index (χ0) is 25.5. The third kappa shape index (κ3) is 4.40. The molecule has 2 aliphatic rings. The average Bonchev–Trinajstić information content (AvgIpc) is 3.63. The van der Waals surface area contributed by atoms with Crippen molar-refractivity contribution in [3.8, 4) is 0 Å². The van der Waals surface area contributed by atoms with Crippen molar-refractivity contribution in [1.29, 1.82) is 0 Å². The number of hydrogen-bond donors (Lipinski definition) is 4. The van der Waals surface area contributed by atoms with Crippen molar-refractivity contribution in [3.05, 3.63) is 57.1 Å². The Hall–Kier alpha value is -2.53. The summed E-state index contributed by atoms with van der Waals surface area (Å²) < 4.78 is 5.34. The summed E-state index contributed by atoms with van der Waals surface area (Å²) in [6, 6.07) is 7.19. The van der Waals surface area contributed by atoms with Crippen molar-refractivity contribution in [2.75, 3.05) is 11.9 Å². The molecule has 1 fully saturated rings. The highest BCUT2D eigenvalue weighted by Gasteiger charge is 2.59. The van der Waals surface area contributed by atoms with E-state index in [2.05, 4.69) is 17.6 Å².